The van der Waals surface area contributed by atoms with Crippen LogP contribution in [0.4, 0.5) is 18.0 Å². The number of carbonyl (C=O) groups excluding carboxylic acids is 2. The average molecular weight is 449 g/mol. The minimum absolute atomic E-state index is 0.00373. The van der Waals surface area contributed by atoms with Gasteiger partial charge in [-0.25, -0.2) is 4.79 Å². The van der Waals surface area contributed by atoms with Crippen molar-refractivity contribution in [3.63, 3.8) is 0 Å². The van der Waals surface area contributed by atoms with Crippen molar-refractivity contribution in [3.05, 3.63) is 65.2 Å². The van der Waals surface area contributed by atoms with E-state index in [1.54, 1.807) is 16.9 Å². The third kappa shape index (κ3) is 6.38. The Labute approximate surface area is 184 Å². The molecule has 0 atom stereocenters. The highest BCUT2D eigenvalue weighted by Crippen LogP contribution is 2.29. The zero-order chi connectivity index (χ0) is 23.1. The van der Waals surface area contributed by atoms with Crippen LogP contribution in [0, 0.1) is 0 Å². The summed E-state index contributed by atoms with van der Waals surface area (Å²) in [5, 5.41) is 2.65. The number of methoxy groups -OCH3 is 1. The minimum atomic E-state index is -4.42. The topological polar surface area (TPSA) is 61.9 Å². The van der Waals surface area contributed by atoms with Gasteiger partial charge in [0.15, 0.2) is 0 Å². The van der Waals surface area contributed by atoms with Gasteiger partial charge in [0.2, 0.25) is 5.91 Å². The predicted octanol–water partition coefficient (Wildman–Crippen LogP) is 3.70. The minimum Gasteiger partial charge on any atom is -0.497 e. The van der Waals surface area contributed by atoms with Crippen LogP contribution in [0.2, 0.25) is 0 Å². The van der Waals surface area contributed by atoms with Crippen LogP contribution >= 0.6 is 0 Å². The van der Waals surface area contributed by atoms with Gasteiger partial charge in [0.25, 0.3) is 0 Å². The first-order valence-corrected chi connectivity index (χ1v) is 10.4. The molecule has 172 valence electrons. The lowest BCUT2D eigenvalue weighted by molar-refractivity contribution is -0.137. The molecule has 1 heterocycles. The van der Waals surface area contributed by atoms with Crippen LogP contribution in [-0.2, 0) is 23.9 Å². The van der Waals surface area contributed by atoms with Gasteiger partial charge >= 0.3 is 12.2 Å². The Kier molecular flexibility index (Phi) is 7.61. The number of amides is 3. The zero-order valence-corrected chi connectivity index (χ0v) is 17.8. The maximum absolute atomic E-state index is 12.8. The molecule has 0 unspecified atom stereocenters. The molecule has 1 N–H and O–H groups in total. The number of carbonyl (C=O) groups is 2. The molecule has 0 saturated carbocycles. The van der Waals surface area contributed by atoms with Gasteiger partial charge in [0.05, 0.1) is 12.7 Å². The average Bonchev–Trinajstić information content (AvgIpc) is 2.81. The van der Waals surface area contributed by atoms with Crippen LogP contribution in [0.15, 0.2) is 48.5 Å². The van der Waals surface area contributed by atoms with E-state index in [4.69, 9.17) is 4.74 Å². The number of aryl methyl sites for hydroxylation is 1. The summed E-state index contributed by atoms with van der Waals surface area (Å²) < 4.78 is 43.5. The standard InChI is InChI=1S/C23H26F3N3O3/c1-32-20-8-5-17(6-9-20)7-10-21(30)28-11-13-29(14-12-28)22(31)27-16-18-3-2-4-19(15-18)23(24,25)26/h2-6,8-9,15H,7,10-14,16H2,1H3,(H,27,31). The van der Waals surface area contributed by atoms with E-state index in [9.17, 15) is 22.8 Å². The molecule has 1 aliphatic rings. The summed E-state index contributed by atoms with van der Waals surface area (Å²) in [7, 11) is 1.60. The molecular weight excluding hydrogens is 423 g/mol. The van der Waals surface area contributed by atoms with E-state index >= 15 is 0 Å². The van der Waals surface area contributed by atoms with E-state index in [2.05, 4.69) is 5.32 Å². The van der Waals surface area contributed by atoms with Crippen LogP contribution in [0.5, 0.6) is 5.75 Å². The van der Waals surface area contributed by atoms with Crippen LogP contribution in [-0.4, -0.2) is 55.0 Å². The van der Waals surface area contributed by atoms with Gasteiger partial charge in [-0.3, -0.25) is 4.79 Å². The number of benzene rings is 2. The van der Waals surface area contributed by atoms with Crippen LogP contribution in [0.3, 0.4) is 0 Å². The number of hydrogen-bond acceptors (Lipinski definition) is 3. The van der Waals surface area contributed by atoms with Crippen molar-refractivity contribution < 1.29 is 27.5 Å². The summed E-state index contributed by atoms with van der Waals surface area (Å²) >= 11 is 0. The SMILES string of the molecule is COc1ccc(CCC(=O)N2CCN(C(=O)NCc3cccc(C(F)(F)F)c3)CC2)cc1. The number of nitrogens with one attached hydrogen (secondary N) is 1. The molecule has 1 saturated heterocycles. The van der Waals surface area contributed by atoms with Crippen molar-refractivity contribution in [2.45, 2.75) is 25.6 Å². The van der Waals surface area contributed by atoms with Crippen molar-refractivity contribution in [1.29, 1.82) is 0 Å². The Bertz CT molecular complexity index is 924. The molecule has 3 amide bonds. The molecule has 2 aromatic rings. The molecule has 32 heavy (non-hydrogen) atoms. The molecule has 0 aliphatic carbocycles. The van der Waals surface area contributed by atoms with E-state index in [1.165, 1.54) is 12.1 Å². The molecule has 0 bridgehead atoms. The largest absolute Gasteiger partial charge is 0.497 e. The molecule has 1 fully saturated rings. The molecule has 0 radical (unpaired) electrons. The fourth-order valence-corrected chi connectivity index (χ4v) is 3.51. The number of hydrogen-bond donors (Lipinski definition) is 1. The van der Waals surface area contributed by atoms with Gasteiger partial charge < -0.3 is 19.9 Å². The second-order valence-electron chi connectivity index (χ2n) is 7.57. The first-order chi connectivity index (χ1) is 15.3. The zero-order valence-electron chi connectivity index (χ0n) is 17.8. The third-order valence-electron chi connectivity index (χ3n) is 5.40. The van der Waals surface area contributed by atoms with Gasteiger partial charge in [-0.1, -0.05) is 24.3 Å². The molecule has 0 spiro atoms. The van der Waals surface area contributed by atoms with Crippen LogP contribution < -0.4 is 10.1 Å². The van der Waals surface area contributed by atoms with Gasteiger partial charge in [-0.05, 0) is 41.8 Å². The normalized spacial score (nSPS) is 14.2. The van der Waals surface area contributed by atoms with Crippen LogP contribution in [0.25, 0.3) is 0 Å². The summed E-state index contributed by atoms with van der Waals surface area (Å²) in [6.45, 7) is 1.62. The lowest BCUT2D eigenvalue weighted by atomic mass is 10.1. The second-order valence-corrected chi connectivity index (χ2v) is 7.57. The summed E-state index contributed by atoms with van der Waals surface area (Å²) in [6, 6.07) is 12.1. The second kappa shape index (κ2) is 10.4. The molecule has 9 heteroatoms. The maximum atomic E-state index is 12.8. The summed E-state index contributed by atoms with van der Waals surface area (Å²) in [5.41, 5.74) is 0.679. The highest BCUT2D eigenvalue weighted by molar-refractivity contribution is 5.78. The Morgan fingerprint density at radius 3 is 2.25 bits per heavy atom. The first kappa shape index (κ1) is 23.4. The maximum Gasteiger partial charge on any atom is 0.416 e. The van der Waals surface area contributed by atoms with Gasteiger partial charge in [-0.15, -0.1) is 0 Å². The number of nitrogens with zero attached hydrogens (tertiary/aromatic N) is 2. The molecular formula is C23H26F3N3O3. The van der Waals surface area contributed by atoms with Crippen molar-refractivity contribution in [2.75, 3.05) is 33.3 Å². The molecule has 6 nitrogen and oxygen atoms in total. The number of alkyl halides is 3. The number of halogens is 3. The smallest absolute Gasteiger partial charge is 0.416 e. The van der Waals surface area contributed by atoms with E-state index in [0.29, 0.717) is 44.6 Å². The molecule has 1 aliphatic heterocycles. The lowest BCUT2D eigenvalue weighted by Gasteiger charge is -2.34. The quantitative estimate of drug-likeness (QED) is 0.732. The van der Waals surface area contributed by atoms with Crippen molar-refractivity contribution in [1.82, 2.24) is 15.1 Å². The fourth-order valence-electron chi connectivity index (χ4n) is 3.51. The Morgan fingerprint density at radius 1 is 0.969 bits per heavy atom. The summed E-state index contributed by atoms with van der Waals surface area (Å²) in [4.78, 5) is 28.2. The Hall–Kier alpha value is -3.23. The monoisotopic (exact) mass is 449 g/mol. The van der Waals surface area contributed by atoms with E-state index in [0.717, 1.165) is 23.4 Å². The molecule has 0 aromatic heterocycles. The van der Waals surface area contributed by atoms with Crippen LogP contribution in [0.1, 0.15) is 23.1 Å². The highest BCUT2D eigenvalue weighted by Gasteiger charge is 2.30. The summed E-state index contributed by atoms with van der Waals surface area (Å²) in [6.07, 6.45) is -3.41. The van der Waals surface area contributed by atoms with Crippen molar-refractivity contribution in [3.8, 4) is 5.75 Å². The molecule has 3 rings (SSSR count). The highest BCUT2D eigenvalue weighted by atomic mass is 19.4. The van der Waals surface area contributed by atoms with E-state index in [1.807, 2.05) is 24.3 Å². The number of piperazine rings is 1. The van der Waals surface area contributed by atoms with Gasteiger partial charge in [0, 0.05) is 39.1 Å². The van der Waals surface area contributed by atoms with E-state index in [-0.39, 0.29) is 18.5 Å². The fraction of sp³-hybridized carbons (Fsp3) is 0.391. The van der Waals surface area contributed by atoms with Gasteiger partial charge in [-0.2, -0.15) is 13.2 Å². The molecule has 2 aromatic carbocycles. The number of ether oxygens (including phenoxy) is 1. The van der Waals surface area contributed by atoms with Gasteiger partial charge in [0.1, 0.15) is 5.75 Å². The summed E-state index contributed by atoms with van der Waals surface area (Å²) in [5.74, 6) is 0.798. The number of urea groups is 1. The Balaban J connectivity index is 1.41. The van der Waals surface area contributed by atoms with E-state index < -0.39 is 11.7 Å². The Morgan fingerprint density at radius 2 is 1.62 bits per heavy atom. The van der Waals surface area contributed by atoms with Crippen molar-refractivity contribution >= 4 is 11.9 Å². The lowest BCUT2D eigenvalue weighted by Crippen LogP contribution is -2.53. The third-order valence-corrected chi connectivity index (χ3v) is 5.40. The first-order valence-electron chi connectivity index (χ1n) is 10.4. The number of rotatable bonds is 6. The van der Waals surface area contributed by atoms with Crippen molar-refractivity contribution in [2.24, 2.45) is 0 Å². The predicted molar refractivity (Wildman–Crippen MR) is 113 cm³/mol.